The SMILES string of the molecule is COc1ccc(CCNC[C@@H](O)Cn2c(-c3ccccc3)c(-c3ccccc3)c3ccc4ccccc4c32)cc1OC. The number of aliphatic hydroxyl groups excluding tert-OH is 1. The molecule has 42 heavy (non-hydrogen) atoms. The van der Waals surface area contributed by atoms with Crippen LogP contribution in [0, 0.1) is 0 Å². The molecule has 1 aromatic heterocycles. The summed E-state index contributed by atoms with van der Waals surface area (Å²) in [6.45, 7) is 1.68. The summed E-state index contributed by atoms with van der Waals surface area (Å²) < 4.78 is 13.1. The van der Waals surface area contributed by atoms with E-state index in [4.69, 9.17) is 9.47 Å². The maximum Gasteiger partial charge on any atom is 0.160 e. The largest absolute Gasteiger partial charge is 0.493 e. The summed E-state index contributed by atoms with van der Waals surface area (Å²) in [4.78, 5) is 0. The van der Waals surface area contributed by atoms with Gasteiger partial charge in [0.15, 0.2) is 11.5 Å². The average Bonchev–Trinajstić information content (AvgIpc) is 3.38. The number of nitrogens with zero attached hydrogens (tertiary/aromatic N) is 1. The second-order valence-corrected chi connectivity index (χ2v) is 10.5. The number of hydrogen-bond donors (Lipinski definition) is 2. The Balaban J connectivity index is 1.34. The van der Waals surface area contributed by atoms with Crippen molar-refractivity contribution in [2.75, 3.05) is 27.3 Å². The summed E-state index contributed by atoms with van der Waals surface area (Å²) in [5.41, 5.74) is 6.91. The molecule has 0 unspecified atom stereocenters. The van der Waals surface area contributed by atoms with Gasteiger partial charge in [-0.15, -0.1) is 0 Å². The lowest BCUT2D eigenvalue weighted by atomic mass is 9.97. The first-order valence-corrected chi connectivity index (χ1v) is 14.4. The van der Waals surface area contributed by atoms with Gasteiger partial charge < -0.3 is 24.5 Å². The predicted octanol–water partition coefficient (Wildman–Crippen LogP) is 7.34. The number of aliphatic hydroxyl groups is 1. The van der Waals surface area contributed by atoms with Crippen LogP contribution in [0.3, 0.4) is 0 Å². The topological polar surface area (TPSA) is 55.6 Å². The van der Waals surface area contributed by atoms with Crippen LogP contribution in [-0.4, -0.2) is 43.1 Å². The van der Waals surface area contributed by atoms with Crippen molar-refractivity contribution >= 4 is 21.7 Å². The first-order valence-electron chi connectivity index (χ1n) is 14.4. The molecule has 5 heteroatoms. The highest BCUT2D eigenvalue weighted by Gasteiger charge is 2.23. The van der Waals surface area contributed by atoms with E-state index < -0.39 is 6.10 Å². The van der Waals surface area contributed by atoms with Crippen LogP contribution in [0.4, 0.5) is 0 Å². The fourth-order valence-electron chi connectivity index (χ4n) is 5.91. The predicted molar refractivity (Wildman–Crippen MR) is 172 cm³/mol. The molecule has 0 radical (unpaired) electrons. The molecule has 6 rings (SSSR count). The van der Waals surface area contributed by atoms with Gasteiger partial charge in [0.05, 0.1) is 38.1 Å². The van der Waals surface area contributed by atoms with Crippen LogP contribution in [0.2, 0.25) is 0 Å². The zero-order chi connectivity index (χ0) is 28.9. The minimum Gasteiger partial charge on any atom is -0.493 e. The molecule has 0 bridgehead atoms. The van der Waals surface area contributed by atoms with E-state index in [1.165, 1.54) is 21.7 Å². The zero-order valence-corrected chi connectivity index (χ0v) is 24.1. The monoisotopic (exact) mass is 556 g/mol. The van der Waals surface area contributed by atoms with E-state index in [-0.39, 0.29) is 0 Å². The molecular weight excluding hydrogens is 520 g/mol. The Morgan fingerprint density at radius 2 is 1.40 bits per heavy atom. The van der Waals surface area contributed by atoms with E-state index in [0.29, 0.717) is 13.1 Å². The van der Waals surface area contributed by atoms with Gasteiger partial charge in [0.2, 0.25) is 0 Å². The van der Waals surface area contributed by atoms with E-state index in [2.05, 4.69) is 101 Å². The molecule has 0 saturated heterocycles. The highest BCUT2D eigenvalue weighted by molar-refractivity contribution is 6.15. The normalized spacial score (nSPS) is 12.1. The fraction of sp³-hybridized carbons (Fsp3) is 0.189. The van der Waals surface area contributed by atoms with Crippen molar-refractivity contribution in [3.63, 3.8) is 0 Å². The highest BCUT2D eigenvalue weighted by Crippen LogP contribution is 2.43. The third kappa shape index (κ3) is 5.49. The molecule has 212 valence electrons. The lowest BCUT2D eigenvalue weighted by Crippen LogP contribution is -2.31. The second kappa shape index (κ2) is 12.5. The van der Waals surface area contributed by atoms with E-state index in [1.54, 1.807) is 14.2 Å². The van der Waals surface area contributed by atoms with Gasteiger partial charge in [-0.25, -0.2) is 0 Å². The van der Waals surface area contributed by atoms with E-state index >= 15 is 0 Å². The average molecular weight is 557 g/mol. The molecule has 5 nitrogen and oxygen atoms in total. The molecule has 0 aliphatic heterocycles. The van der Waals surface area contributed by atoms with Crippen molar-refractivity contribution in [1.82, 2.24) is 9.88 Å². The highest BCUT2D eigenvalue weighted by atomic mass is 16.5. The van der Waals surface area contributed by atoms with E-state index in [0.717, 1.165) is 52.4 Å². The number of aromatic nitrogens is 1. The van der Waals surface area contributed by atoms with Crippen molar-refractivity contribution in [2.45, 2.75) is 19.1 Å². The molecule has 0 amide bonds. The van der Waals surface area contributed by atoms with Gasteiger partial charge in [0, 0.05) is 22.9 Å². The number of methoxy groups -OCH3 is 2. The smallest absolute Gasteiger partial charge is 0.160 e. The van der Waals surface area contributed by atoms with Crippen LogP contribution < -0.4 is 14.8 Å². The second-order valence-electron chi connectivity index (χ2n) is 10.5. The van der Waals surface area contributed by atoms with Crippen LogP contribution in [0.25, 0.3) is 44.1 Å². The first-order chi connectivity index (χ1) is 20.7. The van der Waals surface area contributed by atoms with Crippen LogP contribution in [-0.2, 0) is 13.0 Å². The van der Waals surface area contributed by atoms with Crippen LogP contribution >= 0.6 is 0 Å². The Kier molecular flexibility index (Phi) is 8.22. The Bertz CT molecular complexity index is 1800. The number of hydrogen-bond acceptors (Lipinski definition) is 4. The molecule has 1 heterocycles. The van der Waals surface area contributed by atoms with Gasteiger partial charge in [-0.3, -0.25) is 0 Å². The summed E-state index contributed by atoms with van der Waals surface area (Å²) >= 11 is 0. The van der Waals surface area contributed by atoms with Crippen LogP contribution in [0.1, 0.15) is 5.56 Å². The standard InChI is InChI=1S/C37H36N2O3/c1-41-33-20-17-26(23-34(33)42-2)21-22-38-24-30(40)25-39-36(29-14-7-4-8-15-29)35(28-12-5-3-6-13-28)32-19-18-27-11-9-10-16-31(27)37(32)39/h3-20,23,30,38,40H,21-22,24-25H2,1-2H3/t30-/m1/s1. The Labute approximate surface area is 247 Å². The van der Waals surface area contributed by atoms with Crippen molar-refractivity contribution in [2.24, 2.45) is 0 Å². The van der Waals surface area contributed by atoms with Gasteiger partial charge in [-0.05, 0) is 47.2 Å². The molecule has 6 aromatic rings. The van der Waals surface area contributed by atoms with Crippen molar-refractivity contribution in [1.29, 1.82) is 0 Å². The quantitative estimate of drug-likeness (QED) is 0.164. The molecule has 1 atom stereocenters. The number of nitrogens with one attached hydrogen (secondary N) is 1. The van der Waals surface area contributed by atoms with E-state index in [1.807, 2.05) is 24.3 Å². The van der Waals surface area contributed by atoms with Gasteiger partial charge in [0.1, 0.15) is 0 Å². The molecule has 0 spiro atoms. The van der Waals surface area contributed by atoms with Crippen LogP contribution in [0.5, 0.6) is 11.5 Å². The molecule has 0 fully saturated rings. The number of ether oxygens (including phenoxy) is 2. The Morgan fingerprint density at radius 1 is 0.714 bits per heavy atom. The Morgan fingerprint density at radius 3 is 2.14 bits per heavy atom. The zero-order valence-electron chi connectivity index (χ0n) is 24.1. The fourth-order valence-corrected chi connectivity index (χ4v) is 5.91. The maximum atomic E-state index is 11.4. The van der Waals surface area contributed by atoms with Crippen molar-refractivity contribution < 1.29 is 14.6 Å². The number of rotatable bonds is 11. The van der Waals surface area contributed by atoms with Gasteiger partial charge in [-0.1, -0.05) is 103 Å². The van der Waals surface area contributed by atoms with Gasteiger partial charge >= 0.3 is 0 Å². The minimum atomic E-state index is -0.587. The molecule has 0 saturated carbocycles. The number of fused-ring (bicyclic) bond motifs is 3. The molecular formula is C37H36N2O3. The lowest BCUT2D eigenvalue weighted by molar-refractivity contribution is 0.154. The van der Waals surface area contributed by atoms with E-state index in [9.17, 15) is 5.11 Å². The Hall–Kier alpha value is -4.58. The van der Waals surface area contributed by atoms with Crippen molar-refractivity contribution in [3.8, 4) is 33.9 Å². The summed E-state index contributed by atoms with van der Waals surface area (Å²) in [6.07, 6.45) is 0.230. The molecule has 5 aromatic carbocycles. The summed E-state index contributed by atoms with van der Waals surface area (Å²) in [7, 11) is 3.29. The first kappa shape index (κ1) is 27.6. The van der Waals surface area contributed by atoms with Crippen LogP contribution in [0.15, 0.2) is 115 Å². The summed E-state index contributed by atoms with van der Waals surface area (Å²) in [5, 5.41) is 18.4. The summed E-state index contributed by atoms with van der Waals surface area (Å²) in [6, 6.07) is 40.0. The lowest BCUT2D eigenvalue weighted by Gasteiger charge is -2.18. The van der Waals surface area contributed by atoms with Gasteiger partial charge in [0.25, 0.3) is 0 Å². The maximum absolute atomic E-state index is 11.4. The van der Waals surface area contributed by atoms with Crippen molar-refractivity contribution in [3.05, 3.63) is 121 Å². The molecule has 2 N–H and O–H groups in total. The number of benzene rings is 5. The third-order valence-electron chi connectivity index (χ3n) is 7.87. The third-order valence-corrected chi connectivity index (χ3v) is 7.87. The molecule has 0 aliphatic carbocycles. The van der Waals surface area contributed by atoms with Gasteiger partial charge in [-0.2, -0.15) is 0 Å². The summed E-state index contributed by atoms with van der Waals surface area (Å²) in [5.74, 6) is 1.45. The molecule has 0 aliphatic rings. The minimum absolute atomic E-state index is 0.463.